The fraction of sp³-hybridized carbons (Fsp3) is 0.818. The van der Waals surface area contributed by atoms with Crippen molar-refractivity contribution in [1.82, 2.24) is 5.32 Å². The molecule has 1 N–H and O–H groups in total. The van der Waals surface area contributed by atoms with Crippen molar-refractivity contribution in [2.75, 3.05) is 33.0 Å². The summed E-state index contributed by atoms with van der Waals surface area (Å²) in [7, 11) is 0. The van der Waals surface area contributed by atoms with Crippen molar-refractivity contribution in [2.45, 2.75) is 26.7 Å². The minimum Gasteiger partial charge on any atom is -0.377 e. The fourth-order valence-corrected chi connectivity index (χ4v) is 0.896. The normalized spacial score (nSPS) is 10.1. The van der Waals surface area contributed by atoms with Gasteiger partial charge in [-0.05, 0) is 0 Å². The quantitative estimate of drug-likeness (QED) is 0.566. The van der Waals surface area contributed by atoms with Gasteiger partial charge in [0.15, 0.2) is 5.78 Å². The second kappa shape index (κ2) is 10.6. The number of hydrogen-bond acceptors (Lipinski definition) is 4. The molecule has 0 atom stereocenters. The molecule has 16 heavy (non-hydrogen) atoms. The van der Waals surface area contributed by atoms with Crippen LogP contribution in [0.1, 0.15) is 28.1 Å². The Balaban J connectivity index is 0. The molecule has 0 saturated carbocycles. The highest BCUT2D eigenvalue weighted by Crippen LogP contribution is 1.84. The van der Waals surface area contributed by atoms with Crippen molar-refractivity contribution in [3.8, 4) is 0 Å². The van der Waals surface area contributed by atoms with Gasteiger partial charge in [-0.3, -0.25) is 9.59 Å². The summed E-state index contributed by atoms with van der Waals surface area (Å²) in [5.74, 6) is 0.114. The summed E-state index contributed by atoms with van der Waals surface area (Å²) >= 11 is 0. The van der Waals surface area contributed by atoms with E-state index in [1.807, 2.05) is 0 Å². The van der Waals surface area contributed by atoms with Crippen molar-refractivity contribution in [3.05, 3.63) is 0 Å². The number of ketones is 1. The Labute approximate surface area is 98.0 Å². The summed E-state index contributed by atoms with van der Waals surface area (Å²) in [5, 5.41) is 2.69. The third-order valence-electron chi connectivity index (χ3n) is 1.92. The van der Waals surface area contributed by atoms with Gasteiger partial charge in [-0.15, -0.1) is 0 Å². The van der Waals surface area contributed by atoms with Crippen LogP contribution in [0, 0.1) is 0 Å². The lowest BCUT2D eigenvalue weighted by atomic mass is 10.3. The summed E-state index contributed by atoms with van der Waals surface area (Å²) < 4.78 is 10.3. The highest BCUT2D eigenvalue weighted by Gasteiger charge is 1.98. The standard InChI is InChI=1S/C11H21NO4.H2/c1-3-10(13)9-16-8-7-15-6-5-12-11(14)4-2;/h3-9H2,1-2H3,(H,12,14);1H. The molecule has 0 saturated heterocycles. The first kappa shape index (κ1) is 15.1. The Hall–Kier alpha value is -0.940. The highest BCUT2D eigenvalue weighted by atomic mass is 16.5. The van der Waals surface area contributed by atoms with Crippen LogP contribution in [-0.4, -0.2) is 44.7 Å². The van der Waals surface area contributed by atoms with Crippen molar-refractivity contribution >= 4 is 11.7 Å². The Morgan fingerprint density at radius 3 is 2.38 bits per heavy atom. The number of rotatable bonds is 10. The van der Waals surface area contributed by atoms with Gasteiger partial charge in [0, 0.05) is 20.8 Å². The van der Waals surface area contributed by atoms with E-state index in [4.69, 9.17) is 9.47 Å². The molecule has 0 aromatic carbocycles. The molecule has 0 aliphatic carbocycles. The van der Waals surface area contributed by atoms with Crippen molar-refractivity contribution in [3.63, 3.8) is 0 Å². The van der Waals surface area contributed by atoms with Gasteiger partial charge in [-0.25, -0.2) is 0 Å². The largest absolute Gasteiger partial charge is 0.377 e. The van der Waals surface area contributed by atoms with Crippen molar-refractivity contribution in [1.29, 1.82) is 0 Å². The Morgan fingerprint density at radius 1 is 1.06 bits per heavy atom. The molecule has 1 amide bonds. The number of ether oxygens (including phenoxy) is 2. The van der Waals surface area contributed by atoms with Crippen LogP contribution >= 0.6 is 0 Å². The molecule has 0 unspecified atom stereocenters. The Kier molecular flexibility index (Phi) is 9.95. The average molecular weight is 233 g/mol. The molecular weight excluding hydrogens is 210 g/mol. The number of carbonyl (C=O) groups excluding carboxylic acids is 2. The molecule has 0 aromatic heterocycles. The molecule has 0 heterocycles. The van der Waals surface area contributed by atoms with Crippen LogP contribution < -0.4 is 5.32 Å². The Bertz CT molecular complexity index is 190. The minimum atomic E-state index is 0. The van der Waals surface area contributed by atoms with Gasteiger partial charge in [0.1, 0.15) is 6.61 Å². The monoisotopic (exact) mass is 233 g/mol. The topological polar surface area (TPSA) is 64.6 Å². The molecule has 5 heteroatoms. The number of amides is 1. The zero-order chi connectivity index (χ0) is 12.2. The van der Waals surface area contributed by atoms with E-state index in [0.29, 0.717) is 39.2 Å². The van der Waals surface area contributed by atoms with E-state index in [2.05, 4.69) is 5.32 Å². The zero-order valence-corrected chi connectivity index (χ0v) is 10.1. The third kappa shape index (κ3) is 9.61. The maximum atomic E-state index is 10.8. The number of hydrogen-bond donors (Lipinski definition) is 1. The highest BCUT2D eigenvalue weighted by molar-refractivity contribution is 5.79. The van der Waals surface area contributed by atoms with Crippen LogP contribution in [0.25, 0.3) is 0 Å². The van der Waals surface area contributed by atoms with Gasteiger partial charge in [0.25, 0.3) is 0 Å². The first-order chi connectivity index (χ1) is 7.70. The SMILES string of the molecule is CCC(=O)COCCOCCNC(=O)CC.[HH]. The summed E-state index contributed by atoms with van der Waals surface area (Å²) in [6, 6.07) is 0. The number of carbonyl (C=O) groups is 2. The van der Waals surface area contributed by atoms with Crippen LogP contribution in [0.15, 0.2) is 0 Å². The van der Waals surface area contributed by atoms with E-state index in [1.165, 1.54) is 0 Å². The second-order valence-corrected chi connectivity index (χ2v) is 3.26. The molecule has 0 spiro atoms. The van der Waals surface area contributed by atoms with Crippen LogP contribution in [0.4, 0.5) is 0 Å². The zero-order valence-electron chi connectivity index (χ0n) is 10.1. The molecule has 0 fully saturated rings. The van der Waals surface area contributed by atoms with E-state index in [1.54, 1.807) is 13.8 Å². The maximum Gasteiger partial charge on any atom is 0.219 e. The molecular formula is C11H23NO4. The molecule has 0 rings (SSSR count). The lowest BCUT2D eigenvalue weighted by Gasteiger charge is -2.05. The predicted octanol–water partition coefficient (Wildman–Crippen LogP) is 0.771. The van der Waals surface area contributed by atoms with E-state index < -0.39 is 0 Å². The summed E-state index contributed by atoms with van der Waals surface area (Å²) in [5.41, 5.74) is 0. The van der Waals surface area contributed by atoms with Crippen LogP contribution in [-0.2, 0) is 19.1 Å². The first-order valence-corrected chi connectivity index (χ1v) is 5.64. The summed E-state index contributed by atoms with van der Waals surface area (Å²) in [6.07, 6.45) is 0.992. The smallest absolute Gasteiger partial charge is 0.219 e. The van der Waals surface area contributed by atoms with Gasteiger partial charge in [-0.1, -0.05) is 13.8 Å². The third-order valence-corrected chi connectivity index (χ3v) is 1.92. The van der Waals surface area contributed by atoms with Gasteiger partial charge in [0.2, 0.25) is 5.91 Å². The first-order valence-electron chi connectivity index (χ1n) is 5.64. The van der Waals surface area contributed by atoms with Gasteiger partial charge in [-0.2, -0.15) is 0 Å². The minimum absolute atomic E-state index is 0. The number of Topliss-reactive ketones (excluding diaryl/α,β-unsaturated/α-hetero) is 1. The molecule has 0 aliphatic rings. The van der Waals surface area contributed by atoms with Crippen LogP contribution in [0.5, 0.6) is 0 Å². The maximum absolute atomic E-state index is 10.8. The van der Waals surface area contributed by atoms with E-state index in [-0.39, 0.29) is 19.7 Å². The van der Waals surface area contributed by atoms with E-state index in [9.17, 15) is 9.59 Å². The van der Waals surface area contributed by atoms with Crippen LogP contribution in [0.2, 0.25) is 0 Å². The van der Waals surface area contributed by atoms with Gasteiger partial charge in [0.05, 0.1) is 19.8 Å². The average Bonchev–Trinajstić information content (AvgIpc) is 2.31. The lowest BCUT2D eigenvalue weighted by molar-refractivity contribution is -0.124. The predicted molar refractivity (Wildman–Crippen MR) is 62.4 cm³/mol. The number of nitrogens with one attached hydrogen (secondary N) is 1. The van der Waals surface area contributed by atoms with Crippen LogP contribution in [0.3, 0.4) is 0 Å². The van der Waals surface area contributed by atoms with E-state index in [0.717, 1.165) is 0 Å². The molecule has 0 radical (unpaired) electrons. The van der Waals surface area contributed by atoms with Gasteiger partial charge < -0.3 is 14.8 Å². The second-order valence-electron chi connectivity index (χ2n) is 3.26. The fourth-order valence-electron chi connectivity index (χ4n) is 0.896. The molecule has 0 aliphatic heterocycles. The van der Waals surface area contributed by atoms with Crippen molar-refractivity contribution in [2.24, 2.45) is 0 Å². The lowest BCUT2D eigenvalue weighted by Crippen LogP contribution is -2.26. The van der Waals surface area contributed by atoms with E-state index >= 15 is 0 Å². The Morgan fingerprint density at radius 2 is 1.75 bits per heavy atom. The molecule has 96 valence electrons. The van der Waals surface area contributed by atoms with Crippen molar-refractivity contribution < 1.29 is 20.5 Å². The summed E-state index contributed by atoms with van der Waals surface area (Å²) in [4.78, 5) is 21.7. The molecule has 5 nitrogen and oxygen atoms in total. The molecule has 0 bridgehead atoms. The van der Waals surface area contributed by atoms with Gasteiger partial charge >= 0.3 is 0 Å². The molecule has 0 aromatic rings. The summed E-state index contributed by atoms with van der Waals surface area (Å²) in [6.45, 7) is 5.60.